The van der Waals surface area contributed by atoms with E-state index in [9.17, 15) is 5.11 Å². The van der Waals surface area contributed by atoms with Crippen molar-refractivity contribution in [2.24, 2.45) is 5.92 Å². The van der Waals surface area contributed by atoms with Gasteiger partial charge in [0, 0.05) is 0 Å². The Labute approximate surface area is 83.5 Å². The summed E-state index contributed by atoms with van der Waals surface area (Å²) in [5, 5.41) is 10.3. The zero-order chi connectivity index (χ0) is 10.3. The van der Waals surface area contributed by atoms with Gasteiger partial charge in [0.15, 0.2) is 0 Å². The molecule has 1 heteroatoms. The van der Waals surface area contributed by atoms with E-state index < -0.39 is 0 Å². The molecule has 0 atom stereocenters. The van der Waals surface area contributed by atoms with Crippen molar-refractivity contribution in [2.75, 3.05) is 0 Å². The maximum absolute atomic E-state index is 10.3. The summed E-state index contributed by atoms with van der Waals surface area (Å²) in [5.41, 5.74) is -0.367. The largest absolute Gasteiger partial charge is 0.390 e. The average molecular weight is 186 g/mol. The zero-order valence-electron chi connectivity index (χ0n) is 9.77. The van der Waals surface area contributed by atoms with Gasteiger partial charge in [-0.05, 0) is 31.6 Å². The lowest BCUT2D eigenvalue weighted by atomic mass is 9.86. The lowest BCUT2D eigenvalue weighted by molar-refractivity contribution is 0.00822. The third-order valence-corrected chi connectivity index (χ3v) is 2.62. The Kier molecular flexibility index (Phi) is 6.40. The van der Waals surface area contributed by atoms with Crippen LogP contribution in [0.2, 0.25) is 0 Å². The molecule has 0 heterocycles. The lowest BCUT2D eigenvalue weighted by Gasteiger charge is -2.28. The highest BCUT2D eigenvalue weighted by molar-refractivity contribution is 4.77. The molecule has 0 aliphatic heterocycles. The molecule has 0 amide bonds. The van der Waals surface area contributed by atoms with E-state index >= 15 is 0 Å². The summed E-state index contributed by atoms with van der Waals surface area (Å²) in [6, 6.07) is 0. The fourth-order valence-electron chi connectivity index (χ4n) is 1.86. The summed E-state index contributed by atoms with van der Waals surface area (Å²) >= 11 is 0. The molecule has 0 unspecified atom stereocenters. The fraction of sp³-hybridized carbons (Fsp3) is 1.00. The Morgan fingerprint density at radius 3 is 1.77 bits per heavy atom. The topological polar surface area (TPSA) is 20.2 Å². The number of aliphatic hydroxyl groups is 1. The van der Waals surface area contributed by atoms with Crippen molar-refractivity contribution in [2.45, 2.75) is 71.8 Å². The van der Waals surface area contributed by atoms with E-state index in [2.05, 4.69) is 27.7 Å². The summed E-state index contributed by atoms with van der Waals surface area (Å²) in [5.74, 6) is 0.709. The second-order valence-corrected chi connectivity index (χ2v) is 4.66. The molecule has 1 nitrogen and oxygen atoms in total. The van der Waals surface area contributed by atoms with E-state index in [1.54, 1.807) is 0 Å². The van der Waals surface area contributed by atoms with Crippen molar-refractivity contribution >= 4 is 0 Å². The van der Waals surface area contributed by atoms with E-state index in [1.807, 2.05) is 0 Å². The van der Waals surface area contributed by atoms with Crippen molar-refractivity contribution in [1.29, 1.82) is 0 Å². The van der Waals surface area contributed by atoms with E-state index in [-0.39, 0.29) is 5.60 Å². The molecular formula is C12H26O. The van der Waals surface area contributed by atoms with Crippen LogP contribution in [0.4, 0.5) is 0 Å². The molecule has 0 radical (unpaired) electrons. The van der Waals surface area contributed by atoms with Gasteiger partial charge in [0.05, 0.1) is 5.60 Å². The number of hydrogen-bond donors (Lipinski definition) is 1. The molecule has 0 saturated carbocycles. The molecule has 13 heavy (non-hydrogen) atoms. The second kappa shape index (κ2) is 6.42. The molecule has 0 spiro atoms. The molecule has 0 aliphatic rings. The Morgan fingerprint density at radius 2 is 1.46 bits per heavy atom. The van der Waals surface area contributed by atoms with Crippen LogP contribution in [0.3, 0.4) is 0 Å². The predicted octanol–water partition coefficient (Wildman–Crippen LogP) is 3.75. The van der Waals surface area contributed by atoms with E-state index in [1.165, 1.54) is 0 Å². The molecule has 0 fully saturated rings. The summed E-state index contributed by atoms with van der Waals surface area (Å²) in [6.45, 7) is 8.74. The average Bonchev–Trinajstić information content (AvgIpc) is 2.02. The van der Waals surface area contributed by atoms with Crippen LogP contribution in [-0.4, -0.2) is 10.7 Å². The summed E-state index contributed by atoms with van der Waals surface area (Å²) < 4.78 is 0. The van der Waals surface area contributed by atoms with Gasteiger partial charge >= 0.3 is 0 Å². The van der Waals surface area contributed by atoms with Gasteiger partial charge in [-0.15, -0.1) is 0 Å². The summed E-state index contributed by atoms with van der Waals surface area (Å²) in [7, 11) is 0. The molecule has 0 aromatic heterocycles. The Balaban J connectivity index is 3.91. The van der Waals surface area contributed by atoms with Gasteiger partial charge < -0.3 is 5.11 Å². The van der Waals surface area contributed by atoms with Crippen LogP contribution in [0.5, 0.6) is 0 Å². The summed E-state index contributed by atoms with van der Waals surface area (Å²) in [4.78, 5) is 0. The first-order valence-electron chi connectivity index (χ1n) is 5.76. The monoisotopic (exact) mass is 186 g/mol. The summed E-state index contributed by atoms with van der Waals surface area (Å²) in [6.07, 6.45) is 6.24. The highest BCUT2D eigenvalue weighted by Crippen LogP contribution is 2.26. The maximum atomic E-state index is 10.3. The second-order valence-electron chi connectivity index (χ2n) is 4.66. The minimum absolute atomic E-state index is 0.367. The SMILES string of the molecule is CCCC(O)(CCC)CCC(C)C. The first-order chi connectivity index (χ1) is 6.04. The van der Waals surface area contributed by atoms with Gasteiger partial charge in [0.2, 0.25) is 0 Å². The van der Waals surface area contributed by atoms with Gasteiger partial charge in [-0.1, -0.05) is 40.5 Å². The van der Waals surface area contributed by atoms with Crippen molar-refractivity contribution in [3.8, 4) is 0 Å². The Hall–Kier alpha value is -0.0400. The fourth-order valence-corrected chi connectivity index (χ4v) is 1.86. The molecule has 0 aromatic carbocycles. The van der Waals surface area contributed by atoms with E-state index in [4.69, 9.17) is 0 Å². The van der Waals surface area contributed by atoms with Crippen LogP contribution in [-0.2, 0) is 0 Å². The molecule has 0 saturated heterocycles. The van der Waals surface area contributed by atoms with Crippen LogP contribution < -0.4 is 0 Å². The molecule has 1 N–H and O–H groups in total. The zero-order valence-corrected chi connectivity index (χ0v) is 9.77. The van der Waals surface area contributed by atoms with Crippen molar-refractivity contribution in [3.63, 3.8) is 0 Å². The van der Waals surface area contributed by atoms with Gasteiger partial charge in [0.1, 0.15) is 0 Å². The molecule has 0 bridgehead atoms. The van der Waals surface area contributed by atoms with Crippen molar-refractivity contribution in [1.82, 2.24) is 0 Å². The molecule has 80 valence electrons. The van der Waals surface area contributed by atoms with Crippen LogP contribution in [0.1, 0.15) is 66.2 Å². The molecule has 0 rings (SSSR count). The maximum Gasteiger partial charge on any atom is 0.0647 e. The minimum Gasteiger partial charge on any atom is -0.390 e. The van der Waals surface area contributed by atoms with Gasteiger partial charge in [-0.2, -0.15) is 0 Å². The van der Waals surface area contributed by atoms with Gasteiger partial charge in [-0.25, -0.2) is 0 Å². The minimum atomic E-state index is -0.367. The lowest BCUT2D eigenvalue weighted by Crippen LogP contribution is -2.28. The predicted molar refractivity (Wildman–Crippen MR) is 58.8 cm³/mol. The van der Waals surface area contributed by atoms with Crippen LogP contribution in [0.25, 0.3) is 0 Å². The first-order valence-corrected chi connectivity index (χ1v) is 5.76. The van der Waals surface area contributed by atoms with Crippen LogP contribution in [0.15, 0.2) is 0 Å². The molecule has 0 aliphatic carbocycles. The van der Waals surface area contributed by atoms with Crippen LogP contribution >= 0.6 is 0 Å². The third kappa shape index (κ3) is 6.09. The quantitative estimate of drug-likeness (QED) is 0.642. The smallest absolute Gasteiger partial charge is 0.0647 e. The van der Waals surface area contributed by atoms with Crippen molar-refractivity contribution < 1.29 is 5.11 Å². The number of rotatable bonds is 7. The third-order valence-electron chi connectivity index (χ3n) is 2.62. The highest BCUT2D eigenvalue weighted by Gasteiger charge is 2.24. The number of hydrogen-bond acceptors (Lipinski definition) is 1. The van der Waals surface area contributed by atoms with Crippen molar-refractivity contribution in [3.05, 3.63) is 0 Å². The van der Waals surface area contributed by atoms with E-state index in [0.29, 0.717) is 5.92 Å². The Bertz CT molecular complexity index is 112. The van der Waals surface area contributed by atoms with Gasteiger partial charge in [-0.3, -0.25) is 0 Å². The van der Waals surface area contributed by atoms with E-state index in [0.717, 1.165) is 38.5 Å². The molecular weight excluding hydrogens is 160 g/mol. The molecule has 0 aromatic rings. The normalized spacial score (nSPS) is 12.5. The van der Waals surface area contributed by atoms with Gasteiger partial charge in [0.25, 0.3) is 0 Å². The highest BCUT2D eigenvalue weighted by atomic mass is 16.3. The first kappa shape index (κ1) is 13.0. The standard InChI is InChI=1S/C12H26O/c1-5-8-12(13,9-6-2)10-7-11(3)4/h11,13H,5-10H2,1-4H3. The Morgan fingerprint density at radius 1 is 1.00 bits per heavy atom. The van der Waals surface area contributed by atoms with Crippen LogP contribution in [0, 0.1) is 5.92 Å².